The van der Waals surface area contributed by atoms with Crippen molar-refractivity contribution in [2.45, 2.75) is 18.6 Å². The normalized spacial score (nSPS) is 11.7. The van der Waals surface area contributed by atoms with E-state index in [-0.39, 0.29) is 10.3 Å². The van der Waals surface area contributed by atoms with Crippen molar-refractivity contribution in [3.05, 3.63) is 25.9 Å². The van der Waals surface area contributed by atoms with Crippen LogP contribution in [-0.4, -0.2) is 16.2 Å². The second-order valence-electron chi connectivity index (χ2n) is 3.12. The summed E-state index contributed by atoms with van der Waals surface area (Å²) in [5, 5.41) is 0. The number of hydrogen-bond acceptors (Lipinski definition) is 3. The zero-order valence-corrected chi connectivity index (χ0v) is 10.7. The molecular formula is C8H11IN2OS. The van der Waals surface area contributed by atoms with E-state index in [2.05, 4.69) is 9.97 Å². The predicted octanol–water partition coefficient (Wildman–Crippen LogP) is 1.97. The van der Waals surface area contributed by atoms with Crippen LogP contribution in [-0.2, 0) is 4.75 Å². The summed E-state index contributed by atoms with van der Waals surface area (Å²) < 4.78 is 0.488. The number of nitrogens with zero attached hydrogens (tertiary/aromatic N) is 1. The third-order valence-corrected chi connectivity index (χ3v) is 3.82. The Morgan fingerprint density at radius 3 is 2.69 bits per heavy atom. The molecule has 1 N–H and O–H groups in total. The van der Waals surface area contributed by atoms with Crippen LogP contribution in [0.1, 0.15) is 19.7 Å². The fourth-order valence-corrected chi connectivity index (χ4v) is 1.35. The molecule has 0 saturated heterocycles. The van der Waals surface area contributed by atoms with E-state index in [1.54, 1.807) is 18.0 Å². The first-order valence-corrected chi connectivity index (χ1v) is 6.08. The highest BCUT2D eigenvalue weighted by atomic mass is 127. The molecule has 1 aromatic rings. The number of halogens is 1. The summed E-state index contributed by atoms with van der Waals surface area (Å²) in [5.74, 6) is 0.727. The van der Waals surface area contributed by atoms with Crippen LogP contribution in [0.15, 0.2) is 11.0 Å². The second-order valence-corrected chi connectivity index (χ2v) is 5.71. The number of aromatic nitrogens is 2. The number of rotatable bonds is 2. The highest BCUT2D eigenvalue weighted by molar-refractivity contribution is 14.1. The zero-order chi connectivity index (χ0) is 10.1. The van der Waals surface area contributed by atoms with Gasteiger partial charge in [-0.2, -0.15) is 11.8 Å². The molecule has 0 radical (unpaired) electrons. The minimum absolute atomic E-state index is 0.0623. The van der Waals surface area contributed by atoms with Gasteiger partial charge >= 0.3 is 0 Å². The molecule has 0 atom stereocenters. The Labute approximate surface area is 94.9 Å². The molecule has 0 aliphatic heterocycles. The number of nitrogens with one attached hydrogen (secondary N) is 1. The van der Waals surface area contributed by atoms with Crippen LogP contribution in [0.2, 0.25) is 0 Å². The second kappa shape index (κ2) is 4.00. The number of thioether (sulfide) groups is 1. The highest BCUT2D eigenvalue weighted by Gasteiger charge is 2.21. The monoisotopic (exact) mass is 310 g/mol. The molecule has 72 valence electrons. The summed E-state index contributed by atoms with van der Waals surface area (Å²) >= 11 is 3.63. The van der Waals surface area contributed by atoms with Crippen LogP contribution in [0, 0.1) is 3.57 Å². The fourth-order valence-electron chi connectivity index (χ4n) is 0.782. The molecule has 1 rings (SSSR count). The summed E-state index contributed by atoms with van der Waals surface area (Å²) in [4.78, 5) is 18.3. The lowest BCUT2D eigenvalue weighted by atomic mass is 10.2. The SMILES string of the molecule is CSC(C)(C)c1ncc(I)c(=O)[nH]1. The molecule has 0 unspecified atom stereocenters. The Balaban J connectivity index is 3.18. The van der Waals surface area contributed by atoms with Crippen molar-refractivity contribution in [3.63, 3.8) is 0 Å². The van der Waals surface area contributed by atoms with Gasteiger partial charge in [-0.05, 0) is 42.7 Å². The third kappa shape index (κ3) is 2.46. The molecule has 0 aromatic carbocycles. The van der Waals surface area contributed by atoms with Gasteiger partial charge in [-0.15, -0.1) is 0 Å². The maximum atomic E-state index is 11.3. The third-order valence-electron chi connectivity index (χ3n) is 1.84. The van der Waals surface area contributed by atoms with Crippen molar-refractivity contribution in [3.8, 4) is 0 Å². The standard InChI is InChI=1S/C8H11IN2OS/c1-8(2,13-3)7-10-4-5(9)6(12)11-7/h4H,1-3H3,(H,10,11,12). The average Bonchev–Trinajstić information content (AvgIpc) is 2.09. The van der Waals surface area contributed by atoms with E-state index in [0.29, 0.717) is 3.57 Å². The lowest BCUT2D eigenvalue weighted by Gasteiger charge is -2.20. The molecular weight excluding hydrogens is 299 g/mol. The summed E-state index contributed by atoms with van der Waals surface area (Å²) in [6.45, 7) is 4.06. The molecule has 0 aliphatic carbocycles. The number of aromatic amines is 1. The number of H-pyrrole nitrogens is 1. The number of hydrogen-bond donors (Lipinski definition) is 1. The van der Waals surface area contributed by atoms with E-state index in [4.69, 9.17) is 0 Å². The molecule has 13 heavy (non-hydrogen) atoms. The Hall–Kier alpha value is -0.0400. The van der Waals surface area contributed by atoms with Gasteiger partial charge in [-0.25, -0.2) is 4.98 Å². The van der Waals surface area contributed by atoms with Gasteiger partial charge in [-0.1, -0.05) is 0 Å². The van der Waals surface area contributed by atoms with Crippen LogP contribution in [0.3, 0.4) is 0 Å². The van der Waals surface area contributed by atoms with Gasteiger partial charge in [0, 0.05) is 6.20 Å². The smallest absolute Gasteiger partial charge is 0.264 e. The molecule has 0 fully saturated rings. The van der Waals surface area contributed by atoms with Crippen LogP contribution in [0.25, 0.3) is 0 Å². The highest BCUT2D eigenvalue weighted by Crippen LogP contribution is 2.29. The van der Waals surface area contributed by atoms with E-state index in [0.717, 1.165) is 5.82 Å². The molecule has 0 aliphatic rings. The Bertz CT molecular complexity index is 361. The van der Waals surface area contributed by atoms with E-state index in [9.17, 15) is 4.79 Å². The predicted molar refractivity (Wildman–Crippen MR) is 64.1 cm³/mol. The van der Waals surface area contributed by atoms with Crippen molar-refractivity contribution < 1.29 is 0 Å². The van der Waals surface area contributed by atoms with Crippen molar-refractivity contribution in [1.82, 2.24) is 9.97 Å². The molecule has 0 spiro atoms. The van der Waals surface area contributed by atoms with Crippen molar-refractivity contribution >= 4 is 34.4 Å². The van der Waals surface area contributed by atoms with Gasteiger partial charge in [-0.3, -0.25) is 4.79 Å². The minimum Gasteiger partial charge on any atom is -0.308 e. The average molecular weight is 310 g/mol. The van der Waals surface area contributed by atoms with Crippen molar-refractivity contribution in [1.29, 1.82) is 0 Å². The van der Waals surface area contributed by atoms with Crippen LogP contribution < -0.4 is 5.56 Å². The maximum absolute atomic E-state index is 11.3. The molecule has 3 nitrogen and oxygen atoms in total. The van der Waals surface area contributed by atoms with Crippen LogP contribution in [0.5, 0.6) is 0 Å². The van der Waals surface area contributed by atoms with Gasteiger partial charge in [0.1, 0.15) is 5.82 Å². The molecule has 5 heteroatoms. The van der Waals surface area contributed by atoms with E-state index in [1.807, 2.05) is 42.7 Å². The summed E-state index contributed by atoms with van der Waals surface area (Å²) in [7, 11) is 0. The van der Waals surface area contributed by atoms with Gasteiger partial charge in [0.05, 0.1) is 8.32 Å². The molecule has 0 amide bonds. The first-order valence-electron chi connectivity index (χ1n) is 3.78. The molecule has 1 aromatic heterocycles. The van der Waals surface area contributed by atoms with Crippen LogP contribution in [0.4, 0.5) is 0 Å². The Morgan fingerprint density at radius 1 is 1.62 bits per heavy atom. The summed E-state index contributed by atoms with van der Waals surface area (Å²) in [6, 6.07) is 0. The van der Waals surface area contributed by atoms with E-state index in [1.165, 1.54) is 0 Å². The van der Waals surface area contributed by atoms with Gasteiger partial charge in [0.15, 0.2) is 0 Å². The van der Waals surface area contributed by atoms with Gasteiger partial charge in [0.2, 0.25) is 0 Å². The molecule has 0 saturated carbocycles. The van der Waals surface area contributed by atoms with Crippen molar-refractivity contribution in [2.75, 3.05) is 6.26 Å². The Kier molecular flexibility index (Phi) is 3.39. The topological polar surface area (TPSA) is 45.8 Å². The maximum Gasteiger partial charge on any atom is 0.264 e. The van der Waals surface area contributed by atoms with Crippen LogP contribution >= 0.6 is 34.4 Å². The minimum atomic E-state index is -0.135. The van der Waals surface area contributed by atoms with E-state index < -0.39 is 0 Å². The quantitative estimate of drug-likeness (QED) is 0.850. The lowest BCUT2D eigenvalue weighted by molar-refractivity contribution is 0.701. The Morgan fingerprint density at radius 2 is 2.23 bits per heavy atom. The zero-order valence-electron chi connectivity index (χ0n) is 7.72. The summed E-state index contributed by atoms with van der Waals surface area (Å²) in [6.07, 6.45) is 3.60. The largest absolute Gasteiger partial charge is 0.308 e. The molecule has 0 bridgehead atoms. The van der Waals surface area contributed by atoms with Gasteiger partial charge in [0.25, 0.3) is 5.56 Å². The van der Waals surface area contributed by atoms with Crippen molar-refractivity contribution in [2.24, 2.45) is 0 Å². The lowest BCUT2D eigenvalue weighted by Crippen LogP contribution is -2.22. The van der Waals surface area contributed by atoms with E-state index >= 15 is 0 Å². The summed E-state index contributed by atoms with van der Waals surface area (Å²) in [5.41, 5.74) is -0.0623. The molecule has 1 heterocycles. The fraction of sp³-hybridized carbons (Fsp3) is 0.500. The first-order chi connectivity index (χ1) is 5.97. The first kappa shape index (κ1) is 11.0. The van der Waals surface area contributed by atoms with Gasteiger partial charge < -0.3 is 4.98 Å².